The van der Waals surface area contributed by atoms with Crippen LogP contribution in [0.1, 0.15) is 30.5 Å². The Bertz CT molecular complexity index is 859. The third-order valence-electron chi connectivity index (χ3n) is 4.58. The zero-order valence-electron chi connectivity index (χ0n) is 14.9. The number of para-hydroxylation sites is 1. The molecule has 0 aliphatic rings. The summed E-state index contributed by atoms with van der Waals surface area (Å²) in [4.78, 5) is 0. The van der Waals surface area contributed by atoms with Crippen LogP contribution in [0.15, 0.2) is 48.5 Å². The molecule has 23 heavy (non-hydrogen) atoms. The van der Waals surface area contributed by atoms with Crippen LogP contribution in [0.25, 0.3) is 22.2 Å². The maximum absolute atomic E-state index is 2.39. The normalized spacial score (nSPS) is 11.4. The maximum atomic E-state index is 2.39. The fraction of sp³-hybridized carbons (Fsp3) is 0.318. The molecule has 0 radical (unpaired) electrons. The SMILES string of the molecule is Cc1ccc(C)c(-c2cc(CC(C)C)c3ccccc3[n+]2C)c1. The summed E-state index contributed by atoms with van der Waals surface area (Å²) < 4.78 is 2.33. The topological polar surface area (TPSA) is 3.88 Å². The molecule has 0 N–H and O–H groups in total. The number of benzene rings is 2. The minimum absolute atomic E-state index is 0.651. The van der Waals surface area contributed by atoms with Crippen LogP contribution < -0.4 is 4.57 Å². The second-order valence-corrected chi connectivity index (χ2v) is 7.05. The molecule has 1 heteroatoms. The molecule has 1 aromatic heterocycles. The number of fused-ring (bicyclic) bond motifs is 1. The zero-order chi connectivity index (χ0) is 16.6. The average molecular weight is 304 g/mol. The van der Waals surface area contributed by atoms with Crippen molar-refractivity contribution in [1.29, 1.82) is 0 Å². The lowest BCUT2D eigenvalue weighted by atomic mass is 9.95. The molecule has 0 aliphatic heterocycles. The van der Waals surface area contributed by atoms with E-state index in [-0.39, 0.29) is 0 Å². The van der Waals surface area contributed by atoms with Crippen molar-refractivity contribution in [2.75, 3.05) is 0 Å². The molecule has 1 nitrogen and oxygen atoms in total. The van der Waals surface area contributed by atoms with Crippen LogP contribution in [-0.2, 0) is 13.5 Å². The Kier molecular flexibility index (Phi) is 4.21. The van der Waals surface area contributed by atoms with E-state index in [4.69, 9.17) is 0 Å². The van der Waals surface area contributed by atoms with Gasteiger partial charge in [0.15, 0.2) is 0 Å². The summed E-state index contributed by atoms with van der Waals surface area (Å²) in [6.07, 6.45) is 1.11. The molecule has 0 spiro atoms. The van der Waals surface area contributed by atoms with Crippen LogP contribution in [0.2, 0.25) is 0 Å². The first kappa shape index (κ1) is 15.7. The number of aryl methyl sites for hydroxylation is 3. The third-order valence-corrected chi connectivity index (χ3v) is 4.58. The minimum Gasteiger partial charge on any atom is -0.194 e. The summed E-state index contributed by atoms with van der Waals surface area (Å²) in [6.45, 7) is 8.95. The summed E-state index contributed by atoms with van der Waals surface area (Å²) in [5.74, 6) is 0.651. The molecule has 3 aromatic rings. The van der Waals surface area contributed by atoms with E-state index >= 15 is 0 Å². The molecule has 0 fully saturated rings. The van der Waals surface area contributed by atoms with Gasteiger partial charge in [0.25, 0.3) is 0 Å². The summed E-state index contributed by atoms with van der Waals surface area (Å²) in [7, 11) is 2.18. The maximum Gasteiger partial charge on any atom is 0.213 e. The summed E-state index contributed by atoms with van der Waals surface area (Å²) in [6, 6.07) is 17.9. The summed E-state index contributed by atoms with van der Waals surface area (Å²) in [5, 5.41) is 1.37. The van der Waals surface area contributed by atoms with E-state index < -0.39 is 0 Å². The van der Waals surface area contributed by atoms with E-state index in [0.717, 1.165) is 6.42 Å². The van der Waals surface area contributed by atoms with E-state index in [2.05, 4.69) is 87.8 Å². The first-order valence-electron chi connectivity index (χ1n) is 8.45. The van der Waals surface area contributed by atoms with Gasteiger partial charge in [0.05, 0.1) is 0 Å². The highest BCUT2D eigenvalue weighted by molar-refractivity contribution is 5.82. The molecule has 2 aromatic carbocycles. The number of pyridine rings is 1. The Morgan fingerprint density at radius 3 is 2.43 bits per heavy atom. The second kappa shape index (κ2) is 6.16. The van der Waals surface area contributed by atoms with Crippen molar-refractivity contribution in [3.05, 3.63) is 65.2 Å². The van der Waals surface area contributed by atoms with Gasteiger partial charge in [0.1, 0.15) is 7.05 Å². The standard InChI is InChI=1S/C22H26N/c1-15(2)12-18-14-22(20-13-16(3)10-11-17(20)4)23(5)21-9-7-6-8-19(18)21/h6-11,13-15H,12H2,1-5H3/q+1. The first-order valence-corrected chi connectivity index (χ1v) is 8.45. The van der Waals surface area contributed by atoms with Crippen LogP contribution in [0.3, 0.4) is 0 Å². The number of nitrogens with zero attached hydrogens (tertiary/aromatic N) is 1. The summed E-state index contributed by atoms with van der Waals surface area (Å²) in [5.41, 5.74) is 8.04. The Balaban J connectivity index is 2.33. The van der Waals surface area contributed by atoms with Crippen molar-refractivity contribution < 1.29 is 4.57 Å². The van der Waals surface area contributed by atoms with Gasteiger partial charge in [-0.1, -0.05) is 43.7 Å². The molecule has 0 atom stereocenters. The van der Waals surface area contributed by atoms with Gasteiger partial charge in [-0.05, 0) is 49.4 Å². The number of hydrogen-bond acceptors (Lipinski definition) is 0. The van der Waals surface area contributed by atoms with Gasteiger partial charge in [0.2, 0.25) is 11.2 Å². The molecule has 3 rings (SSSR count). The lowest BCUT2D eigenvalue weighted by molar-refractivity contribution is -0.633. The van der Waals surface area contributed by atoms with Gasteiger partial charge in [0, 0.05) is 23.1 Å². The van der Waals surface area contributed by atoms with Crippen molar-refractivity contribution in [3.63, 3.8) is 0 Å². The van der Waals surface area contributed by atoms with Crippen molar-refractivity contribution in [3.8, 4) is 11.3 Å². The monoisotopic (exact) mass is 304 g/mol. The molecule has 0 amide bonds. The quantitative estimate of drug-likeness (QED) is 0.589. The molecule has 0 saturated heterocycles. The number of hydrogen-bond donors (Lipinski definition) is 0. The Hall–Kier alpha value is -2.15. The largest absolute Gasteiger partial charge is 0.213 e. The molecule has 0 saturated carbocycles. The van der Waals surface area contributed by atoms with Crippen LogP contribution in [-0.4, -0.2) is 0 Å². The van der Waals surface area contributed by atoms with Crippen molar-refractivity contribution in [1.82, 2.24) is 0 Å². The summed E-state index contributed by atoms with van der Waals surface area (Å²) >= 11 is 0. The number of aromatic nitrogens is 1. The third kappa shape index (κ3) is 3.01. The van der Waals surface area contributed by atoms with Crippen molar-refractivity contribution >= 4 is 10.9 Å². The van der Waals surface area contributed by atoms with E-state index in [9.17, 15) is 0 Å². The van der Waals surface area contributed by atoms with Gasteiger partial charge >= 0.3 is 0 Å². The Morgan fingerprint density at radius 1 is 0.957 bits per heavy atom. The molecular formula is C22H26N+. The highest BCUT2D eigenvalue weighted by Gasteiger charge is 2.19. The molecule has 0 bridgehead atoms. The van der Waals surface area contributed by atoms with Crippen LogP contribution in [0, 0.1) is 19.8 Å². The smallest absolute Gasteiger partial charge is 0.194 e. The van der Waals surface area contributed by atoms with E-state index in [0.29, 0.717) is 5.92 Å². The molecule has 118 valence electrons. The lowest BCUT2D eigenvalue weighted by Gasteiger charge is -2.12. The van der Waals surface area contributed by atoms with Gasteiger partial charge in [-0.2, -0.15) is 4.57 Å². The highest BCUT2D eigenvalue weighted by Crippen LogP contribution is 2.27. The Morgan fingerprint density at radius 2 is 1.70 bits per heavy atom. The Labute approximate surface area is 139 Å². The minimum atomic E-state index is 0.651. The second-order valence-electron chi connectivity index (χ2n) is 7.05. The molecular weight excluding hydrogens is 278 g/mol. The molecule has 0 unspecified atom stereocenters. The van der Waals surface area contributed by atoms with Crippen LogP contribution >= 0.6 is 0 Å². The first-order chi connectivity index (χ1) is 11.0. The van der Waals surface area contributed by atoms with Gasteiger partial charge in [-0.25, -0.2) is 0 Å². The van der Waals surface area contributed by atoms with Crippen molar-refractivity contribution in [2.45, 2.75) is 34.1 Å². The predicted molar refractivity (Wildman–Crippen MR) is 98.6 cm³/mol. The van der Waals surface area contributed by atoms with E-state index in [1.807, 2.05) is 0 Å². The van der Waals surface area contributed by atoms with Gasteiger partial charge in [-0.15, -0.1) is 0 Å². The average Bonchev–Trinajstić information content (AvgIpc) is 2.52. The molecule has 0 aliphatic carbocycles. The highest BCUT2D eigenvalue weighted by atomic mass is 14.9. The van der Waals surface area contributed by atoms with Crippen LogP contribution in [0.5, 0.6) is 0 Å². The zero-order valence-corrected chi connectivity index (χ0v) is 14.9. The van der Waals surface area contributed by atoms with Gasteiger partial charge < -0.3 is 0 Å². The van der Waals surface area contributed by atoms with E-state index in [1.54, 1.807) is 0 Å². The number of rotatable bonds is 3. The van der Waals surface area contributed by atoms with E-state index in [1.165, 1.54) is 38.9 Å². The van der Waals surface area contributed by atoms with Crippen LogP contribution in [0.4, 0.5) is 0 Å². The molecule has 1 heterocycles. The van der Waals surface area contributed by atoms with Gasteiger partial charge in [-0.3, -0.25) is 0 Å². The van der Waals surface area contributed by atoms with Crippen molar-refractivity contribution in [2.24, 2.45) is 13.0 Å². The fourth-order valence-corrected chi connectivity index (χ4v) is 3.39. The fourth-order valence-electron chi connectivity index (χ4n) is 3.39. The lowest BCUT2D eigenvalue weighted by Crippen LogP contribution is -2.33. The predicted octanol–water partition coefficient (Wildman–Crippen LogP) is 5.15.